The summed E-state index contributed by atoms with van der Waals surface area (Å²) in [5.41, 5.74) is 6.24. The summed E-state index contributed by atoms with van der Waals surface area (Å²) < 4.78 is 5.12. The Balaban J connectivity index is 0.00000361. The minimum atomic E-state index is -0.511. The Bertz CT molecular complexity index is 418. The molecule has 0 fully saturated rings. The minimum Gasteiger partial charge on any atom is -0.497 e. The van der Waals surface area contributed by atoms with Crippen molar-refractivity contribution < 1.29 is 9.53 Å². The lowest BCUT2D eigenvalue weighted by Gasteiger charge is -2.30. The van der Waals surface area contributed by atoms with Gasteiger partial charge in [-0.1, -0.05) is 12.1 Å². The zero-order chi connectivity index (χ0) is 14.5. The Hall–Kier alpha value is -1.26. The van der Waals surface area contributed by atoms with E-state index in [-0.39, 0.29) is 18.3 Å². The van der Waals surface area contributed by atoms with Crippen molar-refractivity contribution in [1.82, 2.24) is 4.90 Å². The highest BCUT2D eigenvalue weighted by Gasteiger charge is 2.29. The Kier molecular flexibility index (Phi) is 7.61. The number of nitrogens with zero attached hydrogens (tertiary/aromatic N) is 1. The van der Waals surface area contributed by atoms with Crippen molar-refractivity contribution in [3.8, 4) is 5.75 Å². The number of halogens is 1. The van der Waals surface area contributed by atoms with Crippen LogP contribution in [0.25, 0.3) is 0 Å². The lowest BCUT2D eigenvalue weighted by atomic mass is 9.91. The van der Waals surface area contributed by atoms with Crippen LogP contribution in [0, 0.1) is 5.41 Å². The second kappa shape index (κ2) is 8.12. The summed E-state index contributed by atoms with van der Waals surface area (Å²) in [4.78, 5) is 14.2. The lowest BCUT2D eigenvalue weighted by Crippen LogP contribution is -2.44. The highest BCUT2D eigenvalue weighted by Crippen LogP contribution is 2.19. The molecule has 0 radical (unpaired) electrons. The van der Waals surface area contributed by atoms with Crippen LogP contribution in [0.5, 0.6) is 5.75 Å². The fourth-order valence-corrected chi connectivity index (χ4v) is 1.79. The molecular formula is C15H25ClN2O2. The number of nitrogens with two attached hydrogens (primary N) is 1. The number of hydrogen-bond acceptors (Lipinski definition) is 3. The smallest absolute Gasteiger partial charge is 0.229 e. The van der Waals surface area contributed by atoms with Gasteiger partial charge in [0.05, 0.1) is 12.5 Å². The third-order valence-electron chi connectivity index (χ3n) is 3.29. The SMILES string of the molecule is CCN(Cc1ccc(OC)cc1)C(=O)C(C)(C)CN.Cl. The zero-order valence-electron chi connectivity index (χ0n) is 12.7. The fraction of sp³-hybridized carbons (Fsp3) is 0.533. The number of carbonyl (C=O) groups excluding carboxylic acids is 1. The molecule has 0 aliphatic heterocycles. The van der Waals surface area contributed by atoms with Gasteiger partial charge in [-0.05, 0) is 38.5 Å². The van der Waals surface area contributed by atoms with Crippen LogP contribution >= 0.6 is 12.4 Å². The molecule has 1 aromatic rings. The first-order valence-electron chi connectivity index (χ1n) is 6.57. The van der Waals surface area contributed by atoms with Crippen LogP contribution in [-0.4, -0.2) is 31.0 Å². The van der Waals surface area contributed by atoms with Gasteiger partial charge in [-0.15, -0.1) is 12.4 Å². The molecule has 5 heteroatoms. The first-order valence-corrected chi connectivity index (χ1v) is 6.57. The van der Waals surface area contributed by atoms with E-state index in [9.17, 15) is 4.79 Å². The van der Waals surface area contributed by atoms with Crippen LogP contribution < -0.4 is 10.5 Å². The second-order valence-corrected chi connectivity index (χ2v) is 5.26. The van der Waals surface area contributed by atoms with Crippen LogP contribution in [0.2, 0.25) is 0 Å². The summed E-state index contributed by atoms with van der Waals surface area (Å²) in [5.74, 6) is 0.911. The van der Waals surface area contributed by atoms with Crippen molar-refractivity contribution in [3.63, 3.8) is 0 Å². The first kappa shape index (κ1) is 18.7. The predicted octanol–water partition coefficient (Wildman–Crippen LogP) is 2.45. The molecular weight excluding hydrogens is 276 g/mol. The van der Waals surface area contributed by atoms with Crippen molar-refractivity contribution in [2.75, 3.05) is 20.2 Å². The number of methoxy groups -OCH3 is 1. The average molecular weight is 301 g/mol. The van der Waals surface area contributed by atoms with E-state index in [0.717, 1.165) is 11.3 Å². The Labute approximate surface area is 127 Å². The van der Waals surface area contributed by atoms with Gasteiger partial charge in [0, 0.05) is 19.6 Å². The van der Waals surface area contributed by atoms with Crippen LogP contribution in [0.4, 0.5) is 0 Å². The molecule has 0 aliphatic rings. The highest BCUT2D eigenvalue weighted by molar-refractivity contribution is 5.85. The topological polar surface area (TPSA) is 55.6 Å². The van der Waals surface area contributed by atoms with Gasteiger partial charge in [-0.3, -0.25) is 4.79 Å². The Morgan fingerprint density at radius 3 is 2.25 bits per heavy atom. The van der Waals surface area contributed by atoms with Gasteiger partial charge in [0.25, 0.3) is 0 Å². The third-order valence-corrected chi connectivity index (χ3v) is 3.29. The molecule has 0 atom stereocenters. The normalized spacial score (nSPS) is 10.7. The molecule has 20 heavy (non-hydrogen) atoms. The summed E-state index contributed by atoms with van der Waals surface area (Å²) in [6.07, 6.45) is 0. The molecule has 0 saturated carbocycles. The van der Waals surface area contributed by atoms with Crippen molar-refractivity contribution >= 4 is 18.3 Å². The Morgan fingerprint density at radius 2 is 1.85 bits per heavy atom. The van der Waals surface area contributed by atoms with Gasteiger partial charge < -0.3 is 15.4 Å². The van der Waals surface area contributed by atoms with E-state index in [4.69, 9.17) is 10.5 Å². The van der Waals surface area contributed by atoms with E-state index in [1.807, 2.05) is 49.9 Å². The summed E-state index contributed by atoms with van der Waals surface area (Å²) in [7, 11) is 1.64. The molecule has 0 aromatic heterocycles. The molecule has 0 aliphatic carbocycles. The van der Waals surface area contributed by atoms with Crippen molar-refractivity contribution in [2.45, 2.75) is 27.3 Å². The minimum absolute atomic E-state index is 0. The third kappa shape index (κ3) is 4.69. The first-order chi connectivity index (χ1) is 8.94. The number of hydrogen-bond donors (Lipinski definition) is 1. The van der Waals surface area contributed by atoms with Crippen LogP contribution in [0.3, 0.4) is 0 Å². The Morgan fingerprint density at radius 1 is 1.30 bits per heavy atom. The zero-order valence-corrected chi connectivity index (χ0v) is 13.5. The van der Waals surface area contributed by atoms with Crippen molar-refractivity contribution in [2.24, 2.45) is 11.1 Å². The molecule has 0 bridgehead atoms. The maximum absolute atomic E-state index is 12.4. The molecule has 0 heterocycles. The molecule has 114 valence electrons. The monoisotopic (exact) mass is 300 g/mol. The summed E-state index contributed by atoms with van der Waals surface area (Å²) in [6.45, 7) is 7.37. The molecule has 0 saturated heterocycles. The number of carbonyl (C=O) groups is 1. The quantitative estimate of drug-likeness (QED) is 0.878. The summed E-state index contributed by atoms with van der Waals surface area (Å²) >= 11 is 0. The van der Waals surface area contributed by atoms with E-state index in [1.54, 1.807) is 7.11 Å². The molecule has 1 aromatic carbocycles. The number of amides is 1. The van der Waals surface area contributed by atoms with E-state index < -0.39 is 5.41 Å². The molecule has 1 rings (SSSR count). The molecule has 2 N–H and O–H groups in total. The number of benzene rings is 1. The largest absolute Gasteiger partial charge is 0.497 e. The summed E-state index contributed by atoms with van der Waals surface area (Å²) in [6, 6.07) is 7.76. The van der Waals surface area contributed by atoms with Gasteiger partial charge in [0.2, 0.25) is 5.91 Å². The van der Waals surface area contributed by atoms with Gasteiger partial charge in [0.1, 0.15) is 5.75 Å². The van der Waals surface area contributed by atoms with Crippen molar-refractivity contribution in [1.29, 1.82) is 0 Å². The van der Waals surface area contributed by atoms with E-state index in [0.29, 0.717) is 19.6 Å². The van der Waals surface area contributed by atoms with Crippen LogP contribution in [0.1, 0.15) is 26.3 Å². The molecule has 1 amide bonds. The molecule has 0 unspecified atom stereocenters. The van der Waals surface area contributed by atoms with E-state index >= 15 is 0 Å². The van der Waals surface area contributed by atoms with E-state index in [2.05, 4.69) is 0 Å². The summed E-state index contributed by atoms with van der Waals surface area (Å²) in [5, 5.41) is 0. The van der Waals surface area contributed by atoms with Gasteiger partial charge >= 0.3 is 0 Å². The number of ether oxygens (including phenoxy) is 1. The predicted molar refractivity (Wildman–Crippen MR) is 84.2 cm³/mol. The molecule has 4 nitrogen and oxygen atoms in total. The molecule has 0 spiro atoms. The van der Waals surface area contributed by atoms with Gasteiger partial charge in [0.15, 0.2) is 0 Å². The highest BCUT2D eigenvalue weighted by atomic mass is 35.5. The van der Waals surface area contributed by atoms with Gasteiger partial charge in [-0.25, -0.2) is 0 Å². The standard InChI is InChI=1S/C15H24N2O2.ClH/c1-5-17(14(18)15(2,3)11-16)10-12-6-8-13(19-4)9-7-12;/h6-9H,5,10-11,16H2,1-4H3;1H. The van der Waals surface area contributed by atoms with Crippen molar-refractivity contribution in [3.05, 3.63) is 29.8 Å². The van der Waals surface area contributed by atoms with E-state index in [1.165, 1.54) is 0 Å². The van der Waals surface area contributed by atoms with Crippen LogP contribution in [-0.2, 0) is 11.3 Å². The lowest BCUT2D eigenvalue weighted by molar-refractivity contribution is -0.140. The average Bonchev–Trinajstić information content (AvgIpc) is 2.44. The fourth-order valence-electron chi connectivity index (χ4n) is 1.79. The second-order valence-electron chi connectivity index (χ2n) is 5.26. The van der Waals surface area contributed by atoms with Crippen LogP contribution in [0.15, 0.2) is 24.3 Å². The maximum atomic E-state index is 12.4. The number of rotatable bonds is 6. The maximum Gasteiger partial charge on any atom is 0.229 e. The van der Waals surface area contributed by atoms with Gasteiger partial charge in [-0.2, -0.15) is 0 Å².